The molecule has 0 saturated heterocycles. The fourth-order valence-corrected chi connectivity index (χ4v) is 3.34. The topological polar surface area (TPSA) is 76.0 Å². The zero-order chi connectivity index (χ0) is 15.5. The average Bonchev–Trinajstić information content (AvgIpc) is 2.82. The van der Waals surface area contributed by atoms with E-state index in [2.05, 4.69) is 15.1 Å². The SMILES string of the molecule is CCNCc1ccc(Cl)c(S(=O)(=O)Nc2ccn(C)n2)c1. The predicted molar refractivity (Wildman–Crippen MR) is 82.8 cm³/mol. The van der Waals surface area contributed by atoms with Gasteiger partial charge in [0.25, 0.3) is 10.0 Å². The lowest BCUT2D eigenvalue weighted by molar-refractivity contribution is 0.600. The van der Waals surface area contributed by atoms with E-state index < -0.39 is 10.0 Å². The van der Waals surface area contributed by atoms with E-state index in [1.165, 1.54) is 4.68 Å². The van der Waals surface area contributed by atoms with Gasteiger partial charge in [0.15, 0.2) is 5.82 Å². The van der Waals surface area contributed by atoms with Crippen LogP contribution in [0.5, 0.6) is 0 Å². The molecule has 2 rings (SSSR count). The first-order valence-electron chi connectivity index (χ1n) is 6.44. The number of aryl methyl sites for hydroxylation is 1. The van der Waals surface area contributed by atoms with Crippen LogP contribution < -0.4 is 10.0 Å². The van der Waals surface area contributed by atoms with Gasteiger partial charge in [-0.1, -0.05) is 24.6 Å². The van der Waals surface area contributed by atoms with Gasteiger partial charge in [0.1, 0.15) is 4.90 Å². The second kappa shape index (κ2) is 6.46. The van der Waals surface area contributed by atoms with Crippen LogP contribution in [0.15, 0.2) is 35.4 Å². The van der Waals surface area contributed by atoms with E-state index in [4.69, 9.17) is 11.6 Å². The number of sulfonamides is 1. The smallest absolute Gasteiger partial charge is 0.264 e. The van der Waals surface area contributed by atoms with E-state index in [0.717, 1.165) is 12.1 Å². The summed E-state index contributed by atoms with van der Waals surface area (Å²) in [6, 6.07) is 6.52. The first kappa shape index (κ1) is 15.8. The number of anilines is 1. The molecule has 0 atom stereocenters. The molecule has 1 aromatic carbocycles. The summed E-state index contributed by atoms with van der Waals surface area (Å²) in [6.07, 6.45) is 1.65. The molecule has 1 heterocycles. The van der Waals surface area contributed by atoms with E-state index in [0.29, 0.717) is 6.54 Å². The molecule has 0 aliphatic heterocycles. The van der Waals surface area contributed by atoms with E-state index >= 15 is 0 Å². The van der Waals surface area contributed by atoms with Gasteiger partial charge < -0.3 is 5.32 Å². The molecule has 6 nitrogen and oxygen atoms in total. The zero-order valence-corrected chi connectivity index (χ0v) is 13.4. The Morgan fingerprint density at radius 3 is 2.71 bits per heavy atom. The summed E-state index contributed by atoms with van der Waals surface area (Å²) in [6.45, 7) is 3.37. The van der Waals surface area contributed by atoms with E-state index in [9.17, 15) is 8.42 Å². The number of benzene rings is 1. The van der Waals surface area contributed by atoms with Crippen LogP contribution in [0.4, 0.5) is 5.82 Å². The number of nitrogens with zero attached hydrogens (tertiary/aromatic N) is 2. The summed E-state index contributed by atoms with van der Waals surface area (Å²) in [5.41, 5.74) is 0.850. The highest BCUT2D eigenvalue weighted by Crippen LogP contribution is 2.24. The van der Waals surface area contributed by atoms with Gasteiger partial charge in [0.2, 0.25) is 0 Å². The third kappa shape index (κ3) is 3.96. The Bertz CT molecular complexity index is 728. The third-order valence-corrected chi connectivity index (χ3v) is 4.65. The molecule has 0 spiro atoms. The average molecular weight is 329 g/mol. The highest BCUT2D eigenvalue weighted by molar-refractivity contribution is 7.92. The number of nitrogens with one attached hydrogen (secondary N) is 2. The maximum atomic E-state index is 12.4. The molecule has 0 unspecified atom stereocenters. The highest BCUT2D eigenvalue weighted by atomic mass is 35.5. The van der Waals surface area contributed by atoms with E-state index in [1.54, 1.807) is 37.5 Å². The van der Waals surface area contributed by atoms with Gasteiger partial charge >= 0.3 is 0 Å². The number of rotatable bonds is 6. The van der Waals surface area contributed by atoms with Crippen molar-refractivity contribution in [3.63, 3.8) is 0 Å². The zero-order valence-electron chi connectivity index (χ0n) is 11.8. The van der Waals surface area contributed by atoms with Gasteiger partial charge in [-0.25, -0.2) is 8.42 Å². The molecule has 2 N–H and O–H groups in total. The fourth-order valence-electron chi connectivity index (χ4n) is 1.80. The number of hydrogen-bond acceptors (Lipinski definition) is 4. The summed E-state index contributed by atoms with van der Waals surface area (Å²) in [4.78, 5) is 0.0465. The van der Waals surface area contributed by atoms with Crippen LogP contribution in [-0.2, 0) is 23.6 Å². The van der Waals surface area contributed by atoms with Gasteiger partial charge in [-0.3, -0.25) is 9.40 Å². The monoisotopic (exact) mass is 328 g/mol. The molecule has 0 radical (unpaired) electrons. The largest absolute Gasteiger partial charge is 0.313 e. The second-order valence-electron chi connectivity index (χ2n) is 4.53. The molecular weight excluding hydrogens is 312 g/mol. The number of aromatic nitrogens is 2. The van der Waals surface area contributed by atoms with Gasteiger partial charge in [-0.2, -0.15) is 5.10 Å². The first-order valence-corrected chi connectivity index (χ1v) is 8.30. The fraction of sp³-hybridized carbons (Fsp3) is 0.308. The Morgan fingerprint density at radius 2 is 2.10 bits per heavy atom. The molecule has 1 aromatic heterocycles. The Labute approximate surface area is 129 Å². The summed E-state index contributed by atoms with van der Waals surface area (Å²) in [5.74, 6) is 0.255. The lowest BCUT2D eigenvalue weighted by atomic mass is 10.2. The summed E-state index contributed by atoms with van der Waals surface area (Å²) in [7, 11) is -2.05. The Morgan fingerprint density at radius 1 is 1.33 bits per heavy atom. The van der Waals surface area contributed by atoms with E-state index in [1.807, 2.05) is 6.92 Å². The maximum absolute atomic E-state index is 12.4. The minimum absolute atomic E-state index is 0.0465. The van der Waals surface area contributed by atoms with Crippen molar-refractivity contribution in [1.82, 2.24) is 15.1 Å². The maximum Gasteiger partial charge on any atom is 0.264 e. The molecule has 2 aromatic rings. The van der Waals surface area contributed by atoms with Gasteiger partial charge in [-0.05, 0) is 24.2 Å². The van der Waals surface area contributed by atoms with E-state index in [-0.39, 0.29) is 15.7 Å². The highest BCUT2D eigenvalue weighted by Gasteiger charge is 2.19. The van der Waals surface area contributed by atoms with Crippen molar-refractivity contribution in [1.29, 1.82) is 0 Å². The third-order valence-electron chi connectivity index (χ3n) is 2.82. The Hall–Kier alpha value is -1.57. The van der Waals surface area contributed by atoms with Crippen LogP contribution in [0.3, 0.4) is 0 Å². The van der Waals surface area contributed by atoms with Crippen LogP contribution in [-0.4, -0.2) is 24.7 Å². The number of hydrogen-bond donors (Lipinski definition) is 2. The standard InChI is InChI=1S/C13H17ClN4O2S/c1-3-15-9-10-4-5-11(14)12(8-10)21(19,20)17-13-6-7-18(2)16-13/h4-8,15H,3,9H2,1-2H3,(H,16,17). The van der Waals surface area contributed by atoms with Crippen LogP contribution in [0.1, 0.15) is 12.5 Å². The van der Waals surface area contributed by atoms with Crippen molar-refractivity contribution >= 4 is 27.4 Å². The van der Waals surface area contributed by atoms with Crippen molar-refractivity contribution in [2.75, 3.05) is 11.3 Å². The van der Waals surface area contributed by atoms with Crippen molar-refractivity contribution in [3.05, 3.63) is 41.0 Å². The Balaban J connectivity index is 2.30. The van der Waals surface area contributed by atoms with Crippen molar-refractivity contribution in [2.45, 2.75) is 18.4 Å². The molecular formula is C13H17ClN4O2S. The molecule has 8 heteroatoms. The lowest BCUT2D eigenvalue weighted by Crippen LogP contribution is -2.16. The van der Waals surface area contributed by atoms with Crippen LogP contribution in [0, 0.1) is 0 Å². The molecule has 0 amide bonds. The van der Waals surface area contributed by atoms with Crippen LogP contribution in [0.25, 0.3) is 0 Å². The van der Waals surface area contributed by atoms with Crippen molar-refractivity contribution in [3.8, 4) is 0 Å². The molecule has 0 bridgehead atoms. The second-order valence-corrected chi connectivity index (χ2v) is 6.58. The summed E-state index contributed by atoms with van der Waals surface area (Å²) < 4.78 is 28.7. The van der Waals surface area contributed by atoms with Crippen LogP contribution in [0.2, 0.25) is 5.02 Å². The molecule has 0 aliphatic rings. The van der Waals surface area contributed by atoms with Gasteiger partial charge in [-0.15, -0.1) is 0 Å². The number of halogens is 1. The summed E-state index contributed by atoms with van der Waals surface area (Å²) >= 11 is 6.02. The quantitative estimate of drug-likeness (QED) is 0.850. The van der Waals surface area contributed by atoms with Crippen LogP contribution >= 0.6 is 11.6 Å². The molecule has 0 fully saturated rings. The Kier molecular flexibility index (Phi) is 4.87. The molecule has 21 heavy (non-hydrogen) atoms. The van der Waals surface area contributed by atoms with Crippen molar-refractivity contribution < 1.29 is 8.42 Å². The predicted octanol–water partition coefficient (Wildman–Crippen LogP) is 1.98. The molecule has 114 valence electrons. The molecule has 0 saturated carbocycles. The minimum Gasteiger partial charge on any atom is -0.313 e. The minimum atomic E-state index is -3.76. The molecule has 0 aliphatic carbocycles. The first-order chi connectivity index (χ1) is 9.92. The van der Waals surface area contributed by atoms with Gasteiger partial charge in [0, 0.05) is 25.9 Å². The normalized spacial score (nSPS) is 11.6. The lowest BCUT2D eigenvalue weighted by Gasteiger charge is -2.10. The van der Waals surface area contributed by atoms with Crippen molar-refractivity contribution in [2.24, 2.45) is 7.05 Å². The van der Waals surface area contributed by atoms with Gasteiger partial charge in [0.05, 0.1) is 5.02 Å². The summed E-state index contributed by atoms with van der Waals surface area (Å²) in [5, 5.41) is 7.32.